The van der Waals surface area contributed by atoms with Gasteiger partial charge in [-0.1, -0.05) is 24.3 Å². The number of nitrogens with two attached hydrogens (primary N) is 1. The Bertz CT molecular complexity index is 783. The second-order valence-electron chi connectivity index (χ2n) is 4.63. The quantitative estimate of drug-likeness (QED) is 0.734. The maximum Gasteiger partial charge on any atom is 0.129 e. The molecule has 0 atom stereocenters. The van der Waals surface area contributed by atoms with Gasteiger partial charge in [-0.05, 0) is 17.7 Å². The number of halogens is 2. The topological polar surface area (TPSA) is 38.9 Å². The lowest BCUT2D eigenvalue weighted by Gasteiger charge is -2.02. The molecule has 3 aromatic rings. The number of hydrogen-bond donors (Lipinski definition) is 1. The molecule has 2 N–H and O–H groups in total. The van der Waals surface area contributed by atoms with Gasteiger partial charge in [0.25, 0.3) is 0 Å². The summed E-state index contributed by atoms with van der Waals surface area (Å²) < 4.78 is 26.5. The van der Waals surface area contributed by atoms with E-state index in [1.807, 2.05) is 29.6 Å². The highest BCUT2D eigenvalue weighted by Gasteiger charge is 2.10. The number of nitrogens with zero attached hydrogens (tertiary/aromatic N) is 1. The monoisotopic (exact) mass is 302 g/mol. The standard InChI is InChI=1S/C16H12F2N2S/c17-11-6-5-10(13(18)8-11)7-16-20-15(9-21-16)12-3-1-2-4-14(12)19/h1-6,8-9H,7,19H2. The van der Waals surface area contributed by atoms with Gasteiger partial charge in [-0.15, -0.1) is 11.3 Å². The molecule has 2 aromatic carbocycles. The van der Waals surface area contributed by atoms with Crippen LogP contribution in [0.3, 0.4) is 0 Å². The number of hydrogen-bond acceptors (Lipinski definition) is 3. The molecule has 1 aromatic heterocycles. The molecule has 106 valence electrons. The van der Waals surface area contributed by atoms with Gasteiger partial charge in [0.2, 0.25) is 0 Å². The Morgan fingerprint density at radius 2 is 1.90 bits per heavy atom. The molecule has 3 rings (SSSR count). The van der Waals surface area contributed by atoms with E-state index in [0.717, 1.165) is 22.3 Å². The van der Waals surface area contributed by atoms with E-state index in [2.05, 4.69) is 4.98 Å². The minimum absolute atomic E-state index is 0.337. The van der Waals surface area contributed by atoms with E-state index in [-0.39, 0.29) is 0 Å². The fourth-order valence-electron chi connectivity index (χ4n) is 2.07. The van der Waals surface area contributed by atoms with Crippen molar-refractivity contribution in [1.82, 2.24) is 4.98 Å². The molecule has 0 spiro atoms. The SMILES string of the molecule is Nc1ccccc1-c1csc(Cc2ccc(F)cc2F)n1. The zero-order valence-corrected chi connectivity index (χ0v) is 11.8. The van der Waals surface area contributed by atoms with Crippen molar-refractivity contribution in [3.63, 3.8) is 0 Å². The molecule has 21 heavy (non-hydrogen) atoms. The third-order valence-corrected chi connectivity index (χ3v) is 3.99. The molecular formula is C16H12F2N2S. The maximum absolute atomic E-state index is 13.6. The number of thiazole rings is 1. The van der Waals surface area contributed by atoms with Gasteiger partial charge in [-0.25, -0.2) is 13.8 Å². The Hall–Kier alpha value is -2.27. The smallest absolute Gasteiger partial charge is 0.129 e. The molecule has 0 saturated carbocycles. The predicted octanol–water partition coefficient (Wildman–Crippen LogP) is 4.26. The van der Waals surface area contributed by atoms with Crippen molar-refractivity contribution in [3.05, 3.63) is 70.1 Å². The Morgan fingerprint density at radius 3 is 2.67 bits per heavy atom. The van der Waals surface area contributed by atoms with Crippen molar-refractivity contribution in [2.24, 2.45) is 0 Å². The molecule has 0 aliphatic heterocycles. The minimum atomic E-state index is -0.576. The molecule has 0 fully saturated rings. The summed E-state index contributed by atoms with van der Waals surface area (Å²) in [7, 11) is 0. The van der Waals surface area contributed by atoms with Crippen LogP contribution in [0.4, 0.5) is 14.5 Å². The highest BCUT2D eigenvalue weighted by molar-refractivity contribution is 7.10. The van der Waals surface area contributed by atoms with Crippen LogP contribution in [-0.4, -0.2) is 4.98 Å². The molecule has 0 aliphatic rings. The summed E-state index contributed by atoms with van der Waals surface area (Å²) in [6, 6.07) is 11.1. The van der Waals surface area contributed by atoms with E-state index in [1.54, 1.807) is 0 Å². The van der Waals surface area contributed by atoms with Crippen LogP contribution in [0.1, 0.15) is 10.6 Å². The van der Waals surface area contributed by atoms with Gasteiger partial charge in [0.05, 0.1) is 10.7 Å². The van der Waals surface area contributed by atoms with Crippen molar-refractivity contribution in [1.29, 1.82) is 0 Å². The number of rotatable bonds is 3. The average molecular weight is 302 g/mol. The maximum atomic E-state index is 13.6. The van der Waals surface area contributed by atoms with E-state index >= 15 is 0 Å². The molecule has 0 amide bonds. The van der Waals surface area contributed by atoms with Crippen LogP contribution in [0.25, 0.3) is 11.3 Å². The van der Waals surface area contributed by atoms with Crippen LogP contribution in [0.15, 0.2) is 47.8 Å². The van der Waals surface area contributed by atoms with Gasteiger partial charge in [-0.3, -0.25) is 0 Å². The van der Waals surface area contributed by atoms with Crippen LogP contribution >= 0.6 is 11.3 Å². The summed E-state index contributed by atoms with van der Waals surface area (Å²) >= 11 is 1.43. The number of aromatic nitrogens is 1. The first-order valence-electron chi connectivity index (χ1n) is 6.36. The van der Waals surface area contributed by atoms with Gasteiger partial charge in [0, 0.05) is 29.1 Å². The summed E-state index contributed by atoms with van der Waals surface area (Å²) in [5.74, 6) is -1.13. The number of benzene rings is 2. The zero-order chi connectivity index (χ0) is 14.8. The van der Waals surface area contributed by atoms with Crippen LogP contribution < -0.4 is 5.73 Å². The highest BCUT2D eigenvalue weighted by atomic mass is 32.1. The van der Waals surface area contributed by atoms with Gasteiger partial charge in [0.15, 0.2) is 0 Å². The highest BCUT2D eigenvalue weighted by Crippen LogP contribution is 2.28. The Kier molecular flexibility index (Phi) is 3.66. The summed E-state index contributed by atoms with van der Waals surface area (Å²) in [6.07, 6.45) is 0.337. The zero-order valence-electron chi connectivity index (χ0n) is 11.0. The first-order valence-corrected chi connectivity index (χ1v) is 7.24. The summed E-state index contributed by atoms with van der Waals surface area (Å²) in [4.78, 5) is 4.48. The molecular weight excluding hydrogens is 290 g/mol. The van der Waals surface area contributed by atoms with E-state index < -0.39 is 11.6 Å². The molecule has 0 aliphatic carbocycles. The lowest BCUT2D eigenvalue weighted by Crippen LogP contribution is -1.94. The van der Waals surface area contributed by atoms with E-state index in [4.69, 9.17) is 5.73 Å². The Morgan fingerprint density at radius 1 is 1.10 bits per heavy atom. The number of anilines is 1. The molecule has 0 bridgehead atoms. The normalized spacial score (nSPS) is 10.8. The van der Waals surface area contributed by atoms with Crippen LogP contribution in [0.2, 0.25) is 0 Å². The van der Waals surface area contributed by atoms with Gasteiger partial charge < -0.3 is 5.73 Å². The fourth-order valence-corrected chi connectivity index (χ4v) is 2.89. The largest absolute Gasteiger partial charge is 0.398 e. The predicted molar refractivity (Wildman–Crippen MR) is 81.1 cm³/mol. The first-order chi connectivity index (χ1) is 10.1. The third kappa shape index (κ3) is 2.92. The Balaban J connectivity index is 1.87. The second kappa shape index (κ2) is 5.61. The van der Waals surface area contributed by atoms with Gasteiger partial charge >= 0.3 is 0 Å². The van der Waals surface area contributed by atoms with Crippen molar-refractivity contribution in [2.45, 2.75) is 6.42 Å². The van der Waals surface area contributed by atoms with Crippen LogP contribution in [0.5, 0.6) is 0 Å². The average Bonchev–Trinajstić information content (AvgIpc) is 2.91. The van der Waals surface area contributed by atoms with Gasteiger partial charge in [0.1, 0.15) is 11.6 Å². The number of para-hydroxylation sites is 1. The van der Waals surface area contributed by atoms with Crippen LogP contribution in [0, 0.1) is 11.6 Å². The summed E-state index contributed by atoms with van der Waals surface area (Å²) in [5.41, 5.74) is 8.64. The third-order valence-electron chi connectivity index (χ3n) is 3.15. The van der Waals surface area contributed by atoms with E-state index in [0.29, 0.717) is 17.7 Å². The molecule has 0 radical (unpaired) electrons. The molecule has 0 saturated heterocycles. The summed E-state index contributed by atoms with van der Waals surface area (Å²) in [6.45, 7) is 0. The lowest BCUT2D eigenvalue weighted by atomic mass is 10.1. The molecule has 1 heterocycles. The van der Waals surface area contributed by atoms with Crippen molar-refractivity contribution in [3.8, 4) is 11.3 Å². The van der Waals surface area contributed by atoms with Crippen LogP contribution in [-0.2, 0) is 6.42 Å². The Labute approximate surface area is 124 Å². The lowest BCUT2D eigenvalue weighted by molar-refractivity contribution is 0.574. The summed E-state index contributed by atoms with van der Waals surface area (Å²) in [5, 5.41) is 2.65. The van der Waals surface area contributed by atoms with E-state index in [1.165, 1.54) is 23.5 Å². The second-order valence-corrected chi connectivity index (χ2v) is 5.57. The molecule has 2 nitrogen and oxygen atoms in total. The minimum Gasteiger partial charge on any atom is -0.398 e. The molecule has 0 unspecified atom stereocenters. The number of nitrogen functional groups attached to an aromatic ring is 1. The first kappa shape index (κ1) is 13.7. The fraction of sp³-hybridized carbons (Fsp3) is 0.0625. The van der Waals surface area contributed by atoms with Crippen molar-refractivity contribution < 1.29 is 8.78 Å². The van der Waals surface area contributed by atoms with Gasteiger partial charge in [-0.2, -0.15) is 0 Å². The van der Waals surface area contributed by atoms with E-state index in [9.17, 15) is 8.78 Å². The molecule has 5 heteroatoms. The van der Waals surface area contributed by atoms with Crippen molar-refractivity contribution in [2.75, 3.05) is 5.73 Å². The van der Waals surface area contributed by atoms with Crippen molar-refractivity contribution >= 4 is 17.0 Å².